The van der Waals surface area contributed by atoms with Crippen LogP contribution in [0.15, 0.2) is 70.5 Å². The summed E-state index contributed by atoms with van der Waals surface area (Å²) in [5.74, 6) is 0.0264. The van der Waals surface area contributed by atoms with Gasteiger partial charge in [0.25, 0.3) is 0 Å². The van der Waals surface area contributed by atoms with Gasteiger partial charge < -0.3 is 5.32 Å². The maximum Gasteiger partial charge on any atom is 0.238 e. The summed E-state index contributed by atoms with van der Waals surface area (Å²) in [6, 6.07) is 20.6. The molecule has 1 N–H and O–H groups in total. The number of anilines is 1. The minimum atomic E-state index is 0.0229. The zero-order chi connectivity index (χ0) is 17.2. The first-order chi connectivity index (χ1) is 12.2. The number of benzene rings is 2. The van der Waals surface area contributed by atoms with Crippen LogP contribution in [0.2, 0.25) is 0 Å². The Morgan fingerprint density at radius 1 is 1.12 bits per heavy atom. The van der Waals surface area contributed by atoms with Gasteiger partial charge in [0.05, 0.1) is 12.6 Å². The lowest BCUT2D eigenvalue weighted by Gasteiger charge is -2.30. The quantitative estimate of drug-likeness (QED) is 0.652. The number of nitrogens with zero attached hydrogens (tertiary/aromatic N) is 1. The highest BCUT2D eigenvalue weighted by Crippen LogP contribution is 2.38. The first-order valence-electron chi connectivity index (χ1n) is 8.11. The number of carbonyl (C=O) groups excluding carboxylic acids is 1. The van der Waals surface area contributed by atoms with Crippen LogP contribution in [0.25, 0.3) is 0 Å². The molecular weight excluding hydrogens is 396 g/mol. The maximum atomic E-state index is 12.5. The number of thiophene rings is 1. The van der Waals surface area contributed by atoms with E-state index >= 15 is 0 Å². The molecule has 1 aliphatic rings. The average Bonchev–Trinajstić information content (AvgIpc) is 3.06. The highest BCUT2D eigenvalue weighted by molar-refractivity contribution is 9.10. The summed E-state index contributed by atoms with van der Waals surface area (Å²) in [7, 11) is 0. The average molecular weight is 413 g/mol. The molecular formula is C20H17BrN2OS. The smallest absolute Gasteiger partial charge is 0.238 e. The predicted octanol–water partition coefficient (Wildman–Crippen LogP) is 5.05. The summed E-state index contributed by atoms with van der Waals surface area (Å²) < 4.78 is 1.01. The van der Waals surface area contributed by atoms with Crippen molar-refractivity contribution in [3.63, 3.8) is 0 Å². The van der Waals surface area contributed by atoms with Crippen molar-refractivity contribution in [1.29, 1.82) is 0 Å². The number of carbonyl (C=O) groups is 1. The number of hydrogen-bond donors (Lipinski definition) is 1. The summed E-state index contributed by atoms with van der Waals surface area (Å²) in [5, 5.41) is 5.14. The van der Waals surface area contributed by atoms with E-state index in [-0.39, 0.29) is 11.9 Å². The van der Waals surface area contributed by atoms with E-state index in [1.165, 1.54) is 10.4 Å². The summed E-state index contributed by atoms with van der Waals surface area (Å²) in [5.41, 5.74) is 3.19. The van der Waals surface area contributed by atoms with E-state index in [4.69, 9.17) is 0 Å². The molecule has 4 rings (SSSR count). The maximum absolute atomic E-state index is 12.5. The molecule has 5 heteroatoms. The van der Waals surface area contributed by atoms with Crippen LogP contribution in [0, 0.1) is 0 Å². The number of amides is 1. The molecule has 2 aromatic carbocycles. The second-order valence-corrected chi connectivity index (χ2v) is 8.03. The Hall–Kier alpha value is -1.95. The molecule has 3 nitrogen and oxygen atoms in total. The Bertz CT molecular complexity index is 880. The molecule has 0 spiro atoms. The lowest BCUT2D eigenvalue weighted by atomic mass is 9.96. The molecule has 0 saturated carbocycles. The van der Waals surface area contributed by atoms with Crippen molar-refractivity contribution < 1.29 is 4.79 Å². The van der Waals surface area contributed by atoms with Gasteiger partial charge in [0.2, 0.25) is 5.91 Å². The summed E-state index contributed by atoms with van der Waals surface area (Å²) >= 11 is 5.31. The lowest BCUT2D eigenvalue weighted by Crippen LogP contribution is -2.33. The third kappa shape index (κ3) is 3.54. The highest BCUT2D eigenvalue weighted by atomic mass is 79.9. The Labute approximate surface area is 159 Å². The number of nitrogens with one attached hydrogen (secondary N) is 1. The number of rotatable bonds is 3. The number of halogens is 1. The van der Waals surface area contributed by atoms with Gasteiger partial charge in [0.15, 0.2) is 0 Å². The number of fused-ring (bicyclic) bond motifs is 1. The van der Waals surface area contributed by atoms with Gasteiger partial charge in [-0.25, -0.2) is 0 Å². The zero-order valence-corrected chi connectivity index (χ0v) is 15.9. The monoisotopic (exact) mass is 412 g/mol. The molecule has 1 aliphatic heterocycles. The van der Waals surface area contributed by atoms with Gasteiger partial charge in [-0.05, 0) is 40.8 Å². The Morgan fingerprint density at radius 2 is 1.96 bits per heavy atom. The van der Waals surface area contributed by atoms with Crippen molar-refractivity contribution in [2.75, 3.05) is 11.9 Å². The van der Waals surface area contributed by atoms with Crippen LogP contribution in [0.1, 0.15) is 22.0 Å². The fourth-order valence-electron chi connectivity index (χ4n) is 3.31. The predicted molar refractivity (Wildman–Crippen MR) is 106 cm³/mol. The second-order valence-electron chi connectivity index (χ2n) is 6.08. The largest absolute Gasteiger partial charge is 0.325 e. The van der Waals surface area contributed by atoms with Crippen LogP contribution in [-0.2, 0) is 11.3 Å². The van der Waals surface area contributed by atoms with Gasteiger partial charge in [0, 0.05) is 21.6 Å². The second kappa shape index (κ2) is 7.12. The van der Waals surface area contributed by atoms with E-state index in [9.17, 15) is 4.79 Å². The molecule has 3 aromatic rings. The molecule has 126 valence electrons. The molecule has 25 heavy (non-hydrogen) atoms. The first kappa shape index (κ1) is 16.5. The summed E-state index contributed by atoms with van der Waals surface area (Å²) in [4.78, 5) is 16.0. The zero-order valence-electron chi connectivity index (χ0n) is 13.5. The number of hydrogen-bond acceptors (Lipinski definition) is 3. The van der Waals surface area contributed by atoms with Gasteiger partial charge >= 0.3 is 0 Å². The fourth-order valence-corrected chi connectivity index (χ4v) is 4.42. The molecule has 0 bridgehead atoms. The minimum Gasteiger partial charge on any atom is -0.325 e. The fraction of sp³-hybridized carbons (Fsp3) is 0.150. The van der Waals surface area contributed by atoms with Crippen LogP contribution < -0.4 is 5.32 Å². The van der Waals surface area contributed by atoms with E-state index in [0.29, 0.717) is 6.54 Å². The Morgan fingerprint density at radius 3 is 2.72 bits per heavy atom. The molecule has 1 aromatic heterocycles. The van der Waals surface area contributed by atoms with Crippen LogP contribution in [0.4, 0.5) is 5.69 Å². The van der Waals surface area contributed by atoms with E-state index in [0.717, 1.165) is 22.3 Å². The van der Waals surface area contributed by atoms with E-state index in [1.807, 2.05) is 18.2 Å². The standard InChI is InChI=1S/C20H17BrN2OS/c21-15-8-9-18-17(11-15)20(14-5-2-1-3-6-14)23(13-19(24)22-18)12-16-7-4-10-25-16/h1-11,20H,12-13H2,(H,22,24). The van der Waals surface area contributed by atoms with Crippen molar-refractivity contribution >= 4 is 38.9 Å². The van der Waals surface area contributed by atoms with Gasteiger partial charge in [-0.2, -0.15) is 0 Å². The van der Waals surface area contributed by atoms with Gasteiger partial charge in [-0.15, -0.1) is 11.3 Å². The van der Waals surface area contributed by atoms with Crippen molar-refractivity contribution in [3.05, 3.63) is 86.5 Å². The topological polar surface area (TPSA) is 32.3 Å². The van der Waals surface area contributed by atoms with Crippen molar-refractivity contribution in [2.24, 2.45) is 0 Å². The van der Waals surface area contributed by atoms with Crippen LogP contribution in [0.5, 0.6) is 0 Å². The van der Waals surface area contributed by atoms with Gasteiger partial charge in [-0.1, -0.05) is 52.3 Å². The summed E-state index contributed by atoms with van der Waals surface area (Å²) in [6.07, 6.45) is 0. The van der Waals surface area contributed by atoms with Crippen LogP contribution in [-0.4, -0.2) is 17.4 Å². The van der Waals surface area contributed by atoms with Crippen molar-refractivity contribution in [2.45, 2.75) is 12.6 Å². The molecule has 0 saturated heterocycles. The summed E-state index contributed by atoms with van der Waals surface area (Å²) in [6.45, 7) is 1.11. The van der Waals surface area contributed by atoms with Gasteiger partial charge in [-0.3, -0.25) is 9.69 Å². The minimum absolute atomic E-state index is 0.0229. The van der Waals surface area contributed by atoms with E-state index in [1.54, 1.807) is 11.3 Å². The van der Waals surface area contributed by atoms with Crippen molar-refractivity contribution in [3.8, 4) is 0 Å². The third-order valence-electron chi connectivity index (χ3n) is 4.35. The SMILES string of the molecule is O=C1CN(Cc2cccs2)C(c2ccccc2)c2cc(Br)ccc2N1. The Balaban J connectivity index is 1.84. The van der Waals surface area contributed by atoms with Crippen LogP contribution >= 0.6 is 27.3 Å². The molecule has 1 atom stereocenters. The van der Waals surface area contributed by atoms with E-state index < -0.39 is 0 Å². The molecule has 1 amide bonds. The molecule has 0 radical (unpaired) electrons. The molecule has 1 unspecified atom stereocenters. The highest BCUT2D eigenvalue weighted by Gasteiger charge is 2.30. The Kier molecular flexibility index (Phi) is 4.70. The first-order valence-corrected chi connectivity index (χ1v) is 9.78. The van der Waals surface area contributed by atoms with Crippen molar-refractivity contribution in [1.82, 2.24) is 4.90 Å². The molecule has 0 aliphatic carbocycles. The normalized spacial score (nSPS) is 17.6. The van der Waals surface area contributed by atoms with Gasteiger partial charge in [0.1, 0.15) is 0 Å². The van der Waals surface area contributed by atoms with Crippen LogP contribution in [0.3, 0.4) is 0 Å². The lowest BCUT2D eigenvalue weighted by molar-refractivity contribution is -0.117. The molecule has 0 fully saturated rings. The molecule has 2 heterocycles. The third-order valence-corrected chi connectivity index (χ3v) is 5.70. The van der Waals surface area contributed by atoms with E-state index in [2.05, 4.69) is 74.0 Å².